The van der Waals surface area contributed by atoms with Crippen LogP contribution in [0.25, 0.3) is 11.0 Å². The van der Waals surface area contributed by atoms with Crippen molar-refractivity contribution in [1.29, 1.82) is 0 Å². The summed E-state index contributed by atoms with van der Waals surface area (Å²) in [5.41, 5.74) is -2.72. The van der Waals surface area contributed by atoms with Gasteiger partial charge in [-0.15, -0.1) is 0 Å². The third-order valence-electron chi connectivity index (χ3n) is 2.84. The van der Waals surface area contributed by atoms with E-state index in [0.717, 1.165) is 12.3 Å². The molecule has 0 radical (unpaired) electrons. The van der Waals surface area contributed by atoms with Crippen LogP contribution in [0.5, 0.6) is 0 Å². The summed E-state index contributed by atoms with van der Waals surface area (Å²) >= 11 is 5.82. The summed E-state index contributed by atoms with van der Waals surface area (Å²) < 4.78 is 38.2. The largest absolute Gasteiger partial charge is 0.394 e. The summed E-state index contributed by atoms with van der Waals surface area (Å²) in [6.07, 6.45) is 0.833. The lowest BCUT2D eigenvalue weighted by atomic mass is 10.2. The van der Waals surface area contributed by atoms with E-state index in [0.29, 0.717) is 4.31 Å². The molecule has 2 rings (SSSR count). The Hall–Kier alpha value is -1.91. The minimum atomic E-state index is -3.93. The van der Waals surface area contributed by atoms with E-state index in [-0.39, 0.29) is 16.7 Å². The first-order valence-electron chi connectivity index (χ1n) is 5.89. The first-order valence-corrected chi connectivity index (χ1v) is 8.12. The van der Waals surface area contributed by atoms with Gasteiger partial charge in [0.15, 0.2) is 0 Å². The van der Waals surface area contributed by atoms with Gasteiger partial charge < -0.3 is 15.1 Å². The maximum Gasteiger partial charge on any atom is 0.314 e. The molecule has 22 heavy (non-hydrogen) atoms. The molecular formula is C11H11ClFN3O5S. The number of halogens is 2. The van der Waals surface area contributed by atoms with Gasteiger partial charge in [-0.2, -0.15) is 0 Å². The molecule has 8 nitrogen and oxygen atoms in total. The van der Waals surface area contributed by atoms with Gasteiger partial charge in [0.05, 0.1) is 36.1 Å². The Morgan fingerprint density at radius 3 is 2.45 bits per heavy atom. The Morgan fingerprint density at radius 2 is 1.91 bits per heavy atom. The molecule has 0 amide bonds. The van der Waals surface area contributed by atoms with Crippen LogP contribution in [0.3, 0.4) is 0 Å². The number of rotatable bonds is 4. The normalized spacial score (nSPS) is 11.8. The Bertz CT molecular complexity index is 953. The number of sulfonamides is 1. The SMILES string of the molecule is CS(=O)(=O)N(CCO)c1c(Cl)c(F)cc2[nH]c(=O)c(=O)[nH]c12. The van der Waals surface area contributed by atoms with Crippen LogP contribution in [0, 0.1) is 5.82 Å². The lowest BCUT2D eigenvalue weighted by molar-refractivity contribution is 0.307. The summed E-state index contributed by atoms with van der Waals surface area (Å²) in [4.78, 5) is 27.1. The van der Waals surface area contributed by atoms with E-state index in [1.165, 1.54) is 0 Å². The summed E-state index contributed by atoms with van der Waals surface area (Å²) in [6.45, 7) is -0.965. The van der Waals surface area contributed by atoms with E-state index in [1.807, 2.05) is 0 Å². The van der Waals surface area contributed by atoms with Crippen molar-refractivity contribution in [3.8, 4) is 0 Å². The number of aromatic nitrogens is 2. The Kier molecular flexibility index (Phi) is 4.27. The molecule has 0 bridgehead atoms. The van der Waals surface area contributed by atoms with Gasteiger partial charge in [0, 0.05) is 6.07 Å². The van der Waals surface area contributed by atoms with Gasteiger partial charge in [-0.25, -0.2) is 12.8 Å². The summed E-state index contributed by atoms with van der Waals surface area (Å²) in [6, 6.07) is 0.859. The highest BCUT2D eigenvalue weighted by Gasteiger charge is 2.25. The van der Waals surface area contributed by atoms with Crippen LogP contribution in [0.4, 0.5) is 10.1 Å². The van der Waals surface area contributed by atoms with Crippen molar-refractivity contribution in [2.24, 2.45) is 0 Å². The molecule has 3 N–H and O–H groups in total. The summed E-state index contributed by atoms with van der Waals surface area (Å²) in [5, 5.41) is 8.46. The highest BCUT2D eigenvalue weighted by atomic mass is 35.5. The number of benzene rings is 1. The quantitative estimate of drug-likeness (QED) is 0.656. The van der Waals surface area contributed by atoms with Crippen molar-refractivity contribution in [3.63, 3.8) is 0 Å². The lowest BCUT2D eigenvalue weighted by Gasteiger charge is -2.23. The number of hydrogen-bond donors (Lipinski definition) is 3. The Labute approximate surface area is 128 Å². The molecule has 0 aliphatic heterocycles. The van der Waals surface area contributed by atoms with Crippen LogP contribution in [-0.2, 0) is 10.0 Å². The second-order valence-electron chi connectivity index (χ2n) is 4.41. The fraction of sp³-hybridized carbons (Fsp3) is 0.273. The molecule has 0 spiro atoms. The van der Waals surface area contributed by atoms with Crippen molar-refractivity contribution in [2.45, 2.75) is 0 Å². The van der Waals surface area contributed by atoms with E-state index < -0.39 is 45.1 Å². The minimum absolute atomic E-state index is 0.131. The predicted molar refractivity (Wildman–Crippen MR) is 79.4 cm³/mol. The van der Waals surface area contributed by atoms with Crippen LogP contribution >= 0.6 is 11.6 Å². The minimum Gasteiger partial charge on any atom is -0.394 e. The third-order valence-corrected chi connectivity index (χ3v) is 4.37. The number of aromatic amines is 2. The predicted octanol–water partition coefficient (Wildman–Crippen LogP) is -0.233. The molecule has 0 aliphatic carbocycles. The van der Waals surface area contributed by atoms with Crippen molar-refractivity contribution in [3.05, 3.63) is 37.6 Å². The van der Waals surface area contributed by atoms with E-state index >= 15 is 0 Å². The number of hydrogen-bond acceptors (Lipinski definition) is 5. The Balaban J connectivity index is 2.97. The Morgan fingerprint density at radius 1 is 1.32 bits per heavy atom. The number of aliphatic hydroxyl groups excluding tert-OH is 1. The highest BCUT2D eigenvalue weighted by molar-refractivity contribution is 7.92. The molecule has 0 aliphatic rings. The number of nitrogens with zero attached hydrogens (tertiary/aromatic N) is 1. The van der Waals surface area contributed by atoms with E-state index in [9.17, 15) is 22.4 Å². The van der Waals surface area contributed by atoms with Crippen molar-refractivity contribution >= 4 is 38.3 Å². The van der Waals surface area contributed by atoms with Gasteiger partial charge in [0.2, 0.25) is 10.0 Å². The summed E-state index contributed by atoms with van der Waals surface area (Å²) in [5.74, 6) is -0.988. The van der Waals surface area contributed by atoms with Crippen LogP contribution in [0.1, 0.15) is 0 Å². The maximum absolute atomic E-state index is 13.9. The topological polar surface area (TPSA) is 123 Å². The molecule has 0 saturated heterocycles. The molecule has 0 saturated carbocycles. The first kappa shape index (κ1) is 16.5. The van der Waals surface area contributed by atoms with Gasteiger partial charge in [-0.05, 0) is 0 Å². The zero-order valence-electron chi connectivity index (χ0n) is 11.2. The number of fused-ring (bicyclic) bond motifs is 1. The molecule has 1 aromatic heterocycles. The van der Waals surface area contributed by atoms with E-state index in [2.05, 4.69) is 9.97 Å². The first-order chi connectivity index (χ1) is 10.2. The number of H-pyrrole nitrogens is 2. The fourth-order valence-electron chi connectivity index (χ4n) is 1.96. The lowest BCUT2D eigenvalue weighted by Crippen LogP contribution is -2.35. The molecule has 11 heteroatoms. The molecule has 0 fully saturated rings. The number of anilines is 1. The number of aliphatic hydroxyl groups is 1. The van der Waals surface area contributed by atoms with E-state index in [4.69, 9.17) is 16.7 Å². The van der Waals surface area contributed by atoms with Gasteiger partial charge in [-0.3, -0.25) is 13.9 Å². The smallest absolute Gasteiger partial charge is 0.314 e. The van der Waals surface area contributed by atoms with Crippen LogP contribution in [-0.4, -0.2) is 42.9 Å². The molecule has 1 aromatic carbocycles. The average Bonchev–Trinajstić information content (AvgIpc) is 2.40. The zero-order chi connectivity index (χ0) is 16.7. The van der Waals surface area contributed by atoms with Crippen molar-refractivity contribution in [1.82, 2.24) is 9.97 Å². The van der Waals surface area contributed by atoms with Crippen LogP contribution < -0.4 is 15.4 Å². The van der Waals surface area contributed by atoms with Crippen molar-refractivity contribution < 1.29 is 17.9 Å². The highest BCUT2D eigenvalue weighted by Crippen LogP contribution is 2.35. The second-order valence-corrected chi connectivity index (χ2v) is 6.70. The van der Waals surface area contributed by atoms with E-state index in [1.54, 1.807) is 0 Å². The maximum atomic E-state index is 13.9. The monoisotopic (exact) mass is 351 g/mol. The zero-order valence-corrected chi connectivity index (χ0v) is 12.8. The average molecular weight is 352 g/mol. The van der Waals surface area contributed by atoms with Crippen LogP contribution in [0.15, 0.2) is 15.7 Å². The molecule has 120 valence electrons. The van der Waals surface area contributed by atoms with Gasteiger partial charge in [0.25, 0.3) is 0 Å². The molecule has 2 aromatic rings. The number of nitrogens with one attached hydrogen (secondary N) is 2. The van der Waals surface area contributed by atoms with Gasteiger partial charge in [-0.1, -0.05) is 11.6 Å². The van der Waals surface area contributed by atoms with Crippen LogP contribution in [0.2, 0.25) is 5.02 Å². The van der Waals surface area contributed by atoms with Gasteiger partial charge in [0.1, 0.15) is 10.8 Å². The van der Waals surface area contributed by atoms with Crippen molar-refractivity contribution in [2.75, 3.05) is 23.7 Å². The standard InChI is InChI=1S/C11H11ClFN3O5S/c1-22(20,21)16(2-3-17)9-7(12)5(13)4-6-8(9)15-11(19)10(18)14-6/h4,17H,2-3H2,1H3,(H,14,18)(H,15,19). The molecular weight excluding hydrogens is 341 g/mol. The molecule has 0 unspecified atom stereocenters. The second kappa shape index (κ2) is 5.71. The molecule has 1 heterocycles. The summed E-state index contributed by atoms with van der Waals surface area (Å²) in [7, 11) is -3.93. The fourth-order valence-corrected chi connectivity index (χ4v) is 3.18. The van der Waals surface area contributed by atoms with Gasteiger partial charge >= 0.3 is 11.1 Å². The third kappa shape index (κ3) is 2.85. The molecule has 0 atom stereocenters.